The summed E-state index contributed by atoms with van der Waals surface area (Å²) in [5.74, 6) is 0.948. The lowest BCUT2D eigenvalue weighted by molar-refractivity contribution is 0.281. The summed E-state index contributed by atoms with van der Waals surface area (Å²) in [6.07, 6.45) is 4.47. The second-order valence-electron chi connectivity index (χ2n) is 7.64. The van der Waals surface area contributed by atoms with Gasteiger partial charge in [0.1, 0.15) is 12.4 Å². The number of ether oxygens (including phenoxy) is 1. The highest BCUT2D eigenvalue weighted by atomic mass is 16.5. The number of benzene rings is 1. The fraction of sp³-hybridized carbons (Fsp3) is 0.526. The molecule has 1 aliphatic heterocycles. The number of rotatable bonds is 2. The lowest BCUT2D eigenvalue weighted by Crippen LogP contribution is -2.30. The van der Waals surface area contributed by atoms with E-state index >= 15 is 0 Å². The van der Waals surface area contributed by atoms with Crippen molar-refractivity contribution in [1.82, 2.24) is 10.2 Å². The van der Waals surface area contributed by atoms with Gasteiger partial charge in [-0.1, -0.05) is 20.8 Å². The summed E-state index contributed by atoms with van der Waals surface area (Å²) in [5.41, 5.74) is 6.45. The Morgan fingerprint density at radius 3 is 3.04 bits per heavy atom. The van der Waals surface area contributed by atoms with Gasteiger partial charge < -0.3 is 10.1 Å². The van der Waals surface area contributed by atoms with Gasteiger partial charge in [0.05, 0.1) is 17.4 Å². The van der Waals surface area contributed by atoms with Gasteiger partial charge in [0.25, 0.3) is 0 Å². The second-order valence-corrected chi connectivity index (χ2v) is 7.64. The molecular formula is C19H25N3O. The predicted molar refractivity (Wildman–Crippen MR) is 93.0 cm³/mol. The SMILES string of the molecule is CCC1COc2ccc(-c3n[nH]c4c3CCC(C)(C)C4)cc2N1. The highest BCUT2D eigenvalue weighted by Gasteiger charge is 2.29. The summed E-state index contributed by atoms with van der Waals surface area (Å²) in [7, 11) is 0. The largest absolute Gasteiger partial charge is 0.489 e. The molecule has 0 spiro atoms. The zero-order valence-electron chi connectivity index (χ0n) is 14.2. The average molecular weight is 311 g/mol. The zero-order chi connectivity index (χ0) is 16.0. The van der Waals surface area contributed by atoms with E-state index in [1.807, 2.05) is 0 Å². The Hall–Kier alpha value is -1.97. The average Bonchev–Trinajstić information content (AvgIpc) is 2.95. The standard InChI is InChI=1S/C19H25N3O/c1-4-13-11-23-17-6-5-12(9-15(17)20-13)18-14-7-8-19(2,3)10-16(14)21-22-18/h5-6,9,13,20H,4,7-8,10-11H2,1-3H3,(H,21,22). The summed E-state index contributed by atoms with van der Waals surface area (Å²) in [4.78, 5) is 0. The van der Waals surface area contributed by atoms with Crippen molar-refractivity contribution in [2.45, 2.75) is 52.5 Å². The van der Waals surface area contributed by atoms with Gasteiger partial charge in [-0.2, -0.15) is 5.10 Å². The van der Waals surface area contributed by atoms with E-state index in [9.17, 15) is 0 Å². The zero-order valence-corrected chi connectivity index (χ0v) is 14.2. The maximum atomic E-state index is 5.85. The van der Waals surface area contributed by atoms with Crippen LogP contribution in [0.5, 0.6) is 5.75 Å². The van der Waals surface area contributed by atoms with E-state index in [1.165, 1.54) is 23.2 Å². The van der Waals surface area contributed by atoms with Crippen molar-refractivity contribution in [3.05, 3.63) is 29.5 Å². The minimum atomic E-state index is 0.371. The summed E-state index contributed by atoms with van der Waals surface area (Å²) >= 11 is 0. The van der Waals surface area contributed by atoms with Crippen molar-refractivity contribution in [2.24, 2.45) is 5.41 Å². The quantitative estimate of drug-likeness (QED) is 0.875. The Balaban J connectivity index is 1.69. The molecule has 2 heterocycles. The first-order chi connectivity index (χ1) is 11.1. The molecule has 0 bridgehead atoms. The van der Waals surface area contributed by atoms with Crippen LogP contribution in [0, 0.1) is 5.41 Å². The number of nitrogens with zero attached hydrogens (tertiary/aromatic N) is 1. The van der Waals surface area contributed by atoms with Gasteiger partial charge in [-0.15, -0.1) is 0 Å². The van der Waals surface area contributed by atoms with Crippen LogP contribution in [0.25, 0.3) is 11.3 Å². The van der Waals surface area contributed by atoms with Gasteiger partial charge in [-0.05, 0) is 49.3 Å². The van der Waals surface area contributed by atoms with Crippen LogP contribution in [0.15, 0.2) is 18.2 Å². The molecule has 2 N–H and O–H groups in total. The number of H-pyrrole nitrogens is 1. The van der Waals surface area contributed by atoms with Gasteiger partial charge in [-0.3, -0.25) is 5.10 Å². The highest BCUT2D eigenvalue weighted by molar-refractivity contribution is 5.73. The summed E-state index contributed by atoms with van der Waals surface area (Å²) < 4.78 is 5.85. The molecule has 1 unspecified atom stereocenters. The van der Waals surface area contributed by atoms with E-state index in [0.717, 1.165) is 43.0 Å². The monoisotopic (exact) mass is 311 g/mol. The molecule has 122 valence electrons. The number of aromatic amines is 1. The normalized spacial score (nSPS) is 21.8. The number of hydrogen-bond acceptors (Lipinski definition) is 3. The molecule has 0 fully saturated rings. The Kier molecular flexibility index (Phi) is 3.36. The molecule has 1 aromatic heterocycles. The second kappa shape index (κ2) is 5.29. The van der Waals surface area contributed by atoms with Crippen LogP contribution in [0.4, 0.5) is 5.69 Å². The predicted octanol–water partition coefficient (Wildman–Crippen LogP) is 4.17. The Morgan fingerprint density at radius 2 is 2.22 bits per heavy atom. The molecule has 4 rings (SSSR count). The number of nitrogens with one attached hydrogen (secondary N) is 2. The highest BCUT2D eigenvalue weighted by Crippen LogP contribution is 2.39. The third-order valence-corrected chi connectivity index (χ3v) is 5.21. The van der Waals surface area contributed by atoms with Crippen molar-refractivity contribution in [3.8, 4) is 17.0 Å². The van der Waals surface area contributed by atoms with Crippen LogP contribution < -0.4 is 10.1 Å². The molecule has 1 atom stereocenters. The van der Waals surface area contributed by atoms with E-state index in [0.29, 0.717) is 11.5 Å². The summed E-state index contributed by atoms with van der Waals surface area (Å²) in [5, 5.41) is 11.5. The molecule has 0 radical (unpaired) electrons. The lowest BCUT2D eigenvalue weighted by atomic mass is 9.76. The van der Waals surface area contributed by atoms with Crippen molar-refractivity contribution < 1.29 is 4.74 Å². The molecule has 2 aromatic rings. The third-order valence-electron chi connectivity index (χ3n) is 5.21. The number of anilines is 1. The van der Waals surface area contributed by atoms with Crippen LogP contribution in [0.3, 0.4) is 0 Å². The number of fused-ring (bicyclic) bond motifs is 2. The molecule has 2 aliphatic rings. The van der Waals surface area contributed by atoms with Crippen molar-refractivity contribution in [3.63, 3.8) is 0 Å². The van der Waals surface area contributed by atoms with Gasteiger partial charge in [0.15, 0.2) is 0 Å². The summed E-state index contributed by atoms with van der Waals surface area (Å²) in [6.45, 7) is 7.60. The summed E-state index contributed by atoms with van der Waals surface area (Å²) in [6, 6.07) is 6.78. The first-order valence-electron chi connectivity index (χ1n) is 8.65. The van der Waals surface area contributed by atoms with E-state index in [4.69, 9.17) is 4.74 Å². The fourth-order valence-corrected chi connectivity index (χ4v) is 3.67. The van der Waals surface area contributed by atoms with Gasteiger partial charge in [0, 0.05) is 16.8 Å². The number of aromatic nitrogens is 2. The minimum absolute atomic E-state index is 0.371. The first-order valence-corrected chi connectivity index (χ1v) is 8.65. The maximum Gasteiger partial charge on any atom is 0.142 e. The molecule has 0 amide bonds. The third kappa shape index (κ3) is 2.60. The Bertz CT molecular complexity index is 732. The van der Waals surface area contributed by atoms with Gasteiger partial charge >= 0.3 is 0 Å². The van der Waals surface area contributed by atoms with E-state index < -0.39 is 0 Å². The molecular weight excluding hydrogens is 286 g/mol. The molecule has 4 heteroatoms. The molecule has 1 aromatic carbocycles. The van der Waals surface area contributed by atoms with Crippen molar-refractivity contribution in [2.75, 3.05) is 11.9 Å². The van der Waals surface area contributed by atoms with Crippen molar-refractivity contribution >= 4 is 5.69 Å². The molecule has 4 nitrogen and oxygen atoms in total. The number of hydrogen-bond donors (Lipinski definition) is 2. The molecule has 1 aliphatic carbocycles. The molecule has 23 heavy (non-hydrogen) atoms. The minimum Gasteiger partial charge on any atom is -0.489 e. The van der Waals surface area contributed by atoms with Crippen LogP contribution in [0.2, 0.25) is 0 Å². The maximum absolute atomic E-state index is 5.85. The molecule has 0 saturated heterocycles. The van der Waals surface area contributed by atoms with Crippen LogP contribution in [0.1, 0.15) is 44.9 Å². The first kappa shape index (κ1) is 14.6. The van der Waals surface area contributed by atoms with Gasteiger partial charge in [0.2, 0.25) is 0 Å². The van der Waals surface area contributed by atoms with Crippen LogP contribution in [-0.4, -0.2) is 22.8 Å². The topological polar surface area (TPSA) is 49.9 Å². The van der Waals surface area contributed by atoms with E-state index in [2.05, 4.69) is 54.5 Å². The van der Waals surface area contributed by atoms with E-state index in [-0.39, 0.29) is 0 Å². The van der Waals surface area contributed by atoms with Gasteiger partial charge in [-0.25, -0.2) is 0 Å². The fourth-order valence-electron chi connectivity index (χ4n) is 3.67. The van der Waals surface area contributed by atoms with Crippen LogP contribution >= 0.6 is 0 Å². The Morgan fingerprint density at radius 1 is 1.35 bits per heavy atom. The van der Waals surface area contributed by atoms with Crippen molar-refractivity contribution in [1.29, 1.82) is 0 Å². The Labute approximate surface area is 137 Å². The van der Waals surface area contributed by atoms with Crippen LogP contribution in [-0.2, 0) is 12.8 Å². The smallest absolute Gasteiger partial charge is 0.142 e. The lowest BCUT2D eigenvalue weighted by Gasteiger charge is -2.29. The molecule has 0 saturated carbocycles. The van der Waals surface area contributed by atoms with E-state index in [1.54, 1.807) is 0 Å².